The van der Waals surface area contributed by atoms with Crippen molar-refractivity contribution >= 4 is 29.0 Å². The fourth-order valence-electron chi connectivity index (χ4n) is 3.06. The normalized spacial score (nSPS) is 17.3. The Morgan fingerprint density at radius 3 is 2.48 bits per heavy atom. The van der Waals surface area contributed by atoms with Crippen LogP contribution in [0.25, 0.3) is 0 Å². The average Bonchev–Trinajstić information content (AvgIpc) is 3.21. The second kappa shape index (κ2) is 7.06. The van der Waals surface area contributed by atoms with Gasteiger partial charge in [0.15, 0.2) is 5.82 Å². The van der Waals surface area contributed by atoms with Gasteiger partial charge in [0.25, 0.3) is 0 Å². The highest BCUT2D eigenvalue weighted by molar-refractivity contribution is 6.07. The highest BCUT2D eigenvalue weighted by Crippen LogP contribution is 2.30. The monoisotopic (exact) mass is 370 g/mol. The van der Waals surface area contributed by atoms with Crippen LogP contribution in [-0.2, 0) is 15.0 Å². The molecule has 0 saturated carbocycles. The van der Waals surface area contributed by atoms with E-state index in [9.17, 15) is 9.59 Å². The van der Waals surface area contributed by atoms with E-state index in [-0.39, 0.29) is 17.2 Å². The molecule has 1 aliphatic rings. The van der Waals surface area contributed by atoms with E-state index in [2.05, 4.69) is 10.5 Å². The van der Waals surface area contributed by atoms with E-state index < -0.39 is 6.04 Å². The Bertz CT molecular complexity index is 834. The molecular formula is C20H26N4O3. The van der Waals surface area contributed by atoms with Crippen LogP contribution < -0.4 is 15.1 Å². The minimum absolute atomic E-state index is 0.0525. The Kier molecular flexibility index (Phi) is 4.95. The number of aromatic nitrogens is 1. The molecule has 0 bridgehead atoms. The SMILES string of the molecule is CN(C)c1ccc(N2C(=O)CC[C@H]2C(=O)Nc2cc(C(C)(C)C)on2)cc1. The molecule has 27 heavy (non-hydrogen) atoms. The van der Waals surface area contributed by atoms with Crippen molar-refractivity contribution < 1.29 is 14.1 Å². The van der Waals surface area contributed by atoms with Gasteiger partial charge in [0.1, 0.15) is 11.8 Å². The number of hydrogen-bond acceptors (Lipinski definition) is 5. The molecule has 1 saturated heterocycles. The Labute approximate surface area is 159 Å². The number of nitrogens with one attached hydrogen (secondary N) is 1. The number of rotatable bonds is 4. The van der Waals surface area contributed by atoms with Gasteiger partial charge in [0.2, 0.25) is 11.8 Å². The standard InChI is InChI=1S/C20H26N4O3/c1-20(2,3)16-12-17(22-27-16)21-19(26)15-10-11-18(25)24(15)14-8-6-13(7-9-14)23(4)5/h6-9,12,15H,10-11H2,1-5H3,(H,21,22,26)/t15-/m0/s1. The molecule has 0 unspecified atom stereocenters. The molecule has 3 rings (SSSR count). The second-order valence-electron chi connectivity index (χ2n) is 8.04. The lowest BCUT2D eigenvalue weighted by molar-refractivity contribution is -0.120. The zero-order valence-corrected chi connectivity index (χ0v) is 16.4. The van der Waals surface area contributed by atoms with E-state index >= 15 is 0 Å². The number of hydrogen-bond donors (Lipinski definition) is 1. The molecule has 2 amide bonds. The molecular weight excluding hydrogens is 344 g/mol. The van der Waals surface area contributed by atoms with Gasteiger partial charge in [-0.15, -0.1) is 0 Å². The van der Waals surface area contributed by atoms with Crippen LogP contribution in [0, 0.1) is 0 Å². The maximum atomic E-state index is 12.8. The summed E-state index contributed by atoms with van der Waals surface area (Å²) in [5.41, 5.74) is 1.56. The van der Waals surface area contributed by atoms with Gasteiger partial charge < -0.3 is 14.7 Å². The van der Waals surface area contributed by atoms with Gasteiger partial charge in [-0.2, -0.15) is 0 Å². The average molecular weight is 370 g/mol. The first kappa shape index (κ1) is 18.9. The largest absolute Gasteiger partial charge is 0.378 e. The highest BCUT2D eigenvalue weighted by atomic mass is 16.5. The number of benzene rings is 1. The van der Waals surface area contributed by atoms with Crippen LogP contribution in [0.2, 0.25) is 0 Å². The van der Waals surface area contributed by atoms with Crippen LogP contribution in [0.5, 0.6) is 0 Å². The highest BCUT2D eigenvalue weighted by Gasteiger charge is 2.37. The van der Waals surface area contributed by atoms with Gasteiger partial charge in [-0.05, 0) is 30.7 Å². The van der Waals surface area contributed by atoms with Crippen LogP contribution in [0.4, 0.5) is 17.2 Å². The Morgan fingerprint density at radius 1 is 1.26 bits per heavy atom. The van der Waals surface area contributed by atoms with Crippen molar-refractivity contribution in [2.75, 3.05) is 29.2 Å². The molecule has 7 nitrogen and oxygen atoms in total. The molecule has 1 aromatic carbocycles. The summed E-state index contributed by atoms with van der Waals surface area (Å²) < 4.78 is 5.31. The molecule has 0 aliphatic carbocycles. The van der Waals surface area contributed by atoms with Gasteiger partial charge >= 0.3 is 0 Å². The van der Waals surface area contributed by atoms with E-state index in [1.165, 1.54) is 0 Å². The number of anilines is 3. The van der Waals surface area contributed by atoms with Crippen LogP contribution in [0.15, 0.2) is 34.9 Å². The number of carbonyl (C=O) groups excluding carboxylic acids is 2. The van der Waals surface area contributed by atoms with Gasteiger partial charge in [-0.1, -0.05) is 25.9 Å². The van der Waals surface area contributed by atoms with Crippen molar-refractivity contribution in [1.29, 1.82) is 0 Å². The Morgan fingerprint density at radius 2 is 1.93 bits per heavy atom. The van der Waals surface area contributed by atoms with Crippen molar-refractivity contribution in [3.8, 4) is 0 Å². The lowest BCUT2D eigenvalue weighted by atomic mass is 9.93. The summed E-state index contributed by atoms with van der Waals surface area (Å²) in [7, 11) is 3.91. The van der Waals surface area contributed by atoms with E-state index in [1.54, 1.807) is 11.0 Å². The van der Waals surface area contributed by atoms with Crippen LogP contribution in [0.1, 0.15) is 39.4 Å². The predicted octanol–water partition coefficient (Wildman–Crippen LogP) is 3.17. The third-order valence-electron chi connectivity index (χ3n) is 4.66. The van der Waals surface area contributed by atoms with Crippen molar-refractivity contribution in [3.63, 3.8) is 0 Å². The first-order valence-electron chi connectivity index (χ1n) is 9.04. The smallest absolute Gasteiger partial charge is 0.248 e. The third kappa shape index (κ3) is 3.97. The fourth-order valence-corrected chi connectivity index (χ4v) is 3.06. The third-order valence-corrected chi connectivity index (χ3v) is 4.66. The summed E-state index contributed by atoms with van der Waals surface area (Å²) >= 11 is 0. The zero-order valence-electron chi connectivity index (χ0n) is 16.4. The van der Waals surface area contributed by atoms with Gasteiger partial charge in [-0.3, -0.25) is 14.5 Å². The second-order valence-corrected chi connectivity index (χ2v) is 8.04. The van der Waals surface area contributed by atoms with Crippen molar-refractivity contribution in [3.05, 3.63) is 36.1 Å². The summed E-state index contributed by atoms with van der Waals surface area (Å²) in [5, 5.41) is 6.71. The van der Waals surface area contributed by atoms with Crippen LogP contribution in [0.3, 0.4) is 0 Å². The summed E-state index contributed by atoms with van der Waals surface area (Å²) in [6.07, 6.45) is 0.823. The number of carbonyl (C=O) groups is 2. The van der Waals surface area contributed by atoms with Crippen molar-refractivity contribution in [2.24, 2.45) is 0 Å². The minimum Gasteiger partial charge on any atom is -0.378 e. The first-order chi connectivity index (χ1) is 12.7. The molecule has 0 spiro atoms. The van der Waals surface area contributed by atoms with Gasteiger partial charge in [0, 0.05) is 43.4 Å². The van der Waals surface area contributed by atoms with Crippen LogP contribution >= 0.6 is 0 Å². The first-order valence-corrected chi connectivity index (χ1v) is 9.04. The lowest BCUT2D eigenvalue weighted by Crippen LogP contribution is -2.41. The Balaban J connectivity index is 1.77. The fraction of sp³-hybridized carbons (Fsp3) is 0.450. The van der Waals surface area contributed by atoms with E-state index in [0.29, 0.717) is 24.4 Å². The quantitative estimate of drug-likeness (QED) is 0.894. The van der Waals surface area contributed by atoms with Gasteiger partial charge in [0.05, 0.1) is 0 Å². The molecule has 7 heteroatoms. The molecule has 0 radical (unpaired) electrons. The maximum absolute atomic E-state index is 12.8. The summed E-state index contributed by atoms with van der Waals surface area (Å²) in [6, 6.07) is 8.77. The lowest BCUT2D eigenvalue weighted by Gasteiger charge is -2.24. The molecule has 144 valence electrons. The molecule has 1 N–H and O–H groups in total. The predicted molar refractivity (Wildman–Crippen MR) is 105 cm³/mol. The Hall–Kier alpha value is -2.83. The number of amides is 2. The van der Waals surface area contributed by atoms with Crippen molar-refractivity contribution in [2.45, 2.75) is 45.1 Å². The van der Waals surface area contributed by atoms with E-state index in [0.717, 1.165) is 11.4 Å². The summed E-state index contributed by atoms with van der Waals surface area (Å²) in [5.74, 6) is 0.748. The summed E-state index contributed by atoms with van der Waals surface area (Å²) in [4.78, 5) is 28.7. The molecule has 2 heterocycles. The molecule has 1 aromatic heterocycles. The molecule has 1 atom stereocenters. The maximum Gasteiger partial charge on any atom is 0.248 e. The molecule has 2 aromatic rings. The number of nitrogens with zero attached hydrogens (tertiary/aromatic N) is 3. The van der Waals surface area contributed by atoms with E-state index in [1.807, 2.05) is 64.0 Å². The van der Waals surface area contributed by atoms with E-state index in [4.69, 9.17) is 4.52 Å². The zero-order chi connectivity index (χ0) is 19.8. The van der Waals surface area contributed by atoms with Gasteiger partial charge in [-0.25, -0.2) is 0 Å². The molecule has 1 fully saturated rings. The van der Waals surface area contributed by atoms with Crippen LogP contribution in [-0.4, -0.2) is 37.1 Å². The summed E-state index contributed by atoms with van der Waals surface area (Å²) in [6.45, 7) is 6.02. The minimum atomic E-state index is -0.558. The van der Waals surface area contributed by atoms with Crippen molar-refractivity contribution in [1.82, 2.24) is 5.16 Å². The molecule has 1 aliphatic heterocycles. The topological polar surface area (TPSA) is 78.7 Å².